The minimum atomic E-state index is -0.858. The van der Waals surface area contributed by atoms with Crippen LogP contribution in [0.3, 0.4) is 0 Å². The van der Waals surface area contributed by atoms with Gasteiger partial charge >= 0.3 is 29.6 Å². The second-order valence-corrected chi connectivity index (χ2v) is 8.32. The molecule has 0 aliphatic heterocycles. The van der Waals surface area contributed by atoms with Crippen LogP contribution in [0.1, 0.15) is 32.1 Å². The summed E-state index contributed by atoms with van der Waals surface area (Å²) in [6.07, 6.45) is 0. The molecule has 0 aliphatic carbocycles. The van der Waals surface area contributed by atoms with Gasteiger partial charge in [0, 0.05) is 5.56 Å². The van der Waals surface area contributed by atoms with E-state index in [0.717, 1.165) is 16.7 Å². The van der Waals surface area contributed by atoms with E-state index in [1.807, 2.05) is 0 Å². The Balaban J connectivity index is 0.00000324. The average Bonchev–Trinajstić information content (AvgIpc) is 3.22. The molecule has 0 fully saturated rings. The van der Waals surface area contributed by atoms with Crippen LogP contribution in [0.5, 0.6) is 11.5 Å². The first-order valence-electron chi connectivity index (χ1n) is 9.09. The molecule has 0 amide bonds. The Hall–Kier alpha value is -1.97. The van der Waals surface area contributed by atoms with Crippen molar-refractivity contribution in [3.63, 3.8) is 0 Å². The molecule has 34 heavy (non-hydrogen) atoms. The topological polar surface area (TPSA) is 98.2 Å². The van der Waals surface area contributed by atoms with Gasteiger partial charge in [0.25, 0.3) is 0 Å². The monoisotopic (exact) mass is 548 g/mol. The van der Waals surface area contributed by atoms with Gasteiger partial charge in [-0.3, -0.25) is 14.2 Å². The predicted molar refractivity (Wildman–Crippen MR) is 121 cm³/mol. The van der Waals surface area contributed by atoms with Crippen LogP contribution in [-0.2, 0) is 0 Å². The summed E-state index contributed by atoms with van der Waals surface area (Å²) in [6.45, 7) is 0. The van der Waals surface area contributed by atoms with E-state index in [-0.39, 0.29) is 83.9 Å². The fraction of sp³-hybridized carbons (Fsp3) is 0. The SMILES string of the molecule is O=C(c1ccccc1O)c1[nH]c(Cl)c(Cl)c1-n1c(C(=O)c2ccc(F)cc2[O-])cc(Cl)c1Cl.[Na+]. The molecule has 0 atom stereocenters. The number of carbonyl (C=O) groups is 2. The molecular formula is C22H10Cl4FN2NaO4. The molecule has 0 saturated carbocycles. The molecule has 6 nitrogen and oxygen atoms in total. The van der Waals surface area contributed by atoms with Crippen molar-refractivity contribution in [1.82, 2.24) is 9.55 Å². The molecule has 2 N–H and O–H groups in total. The number of hydrogen-bond acceptors (Lipinski definition) is 4. The van der Waals surface area contributed by atoms with Gasteiger partial charge < -0.3 is 15.2 Å². The smallest absolute Gasteiger partial charge is 0.872 e. The van der Waals surface area contributed by atoms with Gasteiger partial charge in [-0.1, -0.05) is 64.3 Å². The number of phenols is 1. The standard InChI is InChI=1S/C22H11Cl4FN2O4.Na/c23-12-8-13(19(32)11-6-5-9(27)7-15(11)31)29(22(12)26)18-16(24)21(25)28-17(18)20(33)10-3-1-2-4-14(10)30;/h1-8,28,30-31H;/q;+1/p-1. The van der Waals surface area contributed by atoms with Crippen molar-refractivity contribution >= 4 is 58.0 Å². The molecular weight excluding hydrogens is 540 g/mol. The van der Waals surface area contributed by atoms with Crippen LogP contribution in [0.25, 0.3) is 5.69 Å². The maximum Gasteiger partial charge on any atom is 1.00 e. The maximum atomic E-state index is 13.4. The molecule has 2 heterocycles. The molecule has 12 heteroatoms. The maximum absolute atomic E-state index is 13.4. The summed E-state index contributed by atoms with van der Waals surface area (Å²) in [5.74, 6) is -3.51. The molecule has 0 spiro atoms. The summed E-state index contributed by atoms with van der Waals surface area (Å²) in [5.41, 5.74) is -0.968. The molecule has 0 saturated heterocycles. The third-order valence-corrected chi connectivity index (χ3v) is 6.30. The number of nitrogens with one attached hydrogen (secondary N) is 1. The fourth-order valence-corrected chi connectivity index (χ4v) is 4.10. The average molecular weight is 550 g/mol. The Morgan fingerprint density at radius 2 is 1.65 bits per heavy atom. The number of benzene rings is 2. The molecule has 2 aromatic heterocycles. The number of phenolic OH excluding ortho intramolecular Hbond substituents is 1. The predicted octanol–water partition coefficient (Wildman–Crippen LogP) is 2.80. The number of aromatic amines is 1. The summed E-state index contributed by atoms with van der Waals surface area (Å²) in [5, 5.41) is 21.7. The minimum Gasteiger partial charge on any atom is -0.872 e. The summed E-state index contributed by atoms with van der Waals surface area (Å²) >= 11 is 25.0. The second-order valence-electron chi connectivity index (χ2n) is 6.80. The number of para-hydroxylation sites is 1. The van der Waals surface area contributed by atoms with E-state index < -0.39 is 23.1 Å². The quantitative estimate of drug-likeness (QED) is 0.295. The molecule has 0 unspecified atom stereocenters. The number of hydrogen-bond donors (Lipinski definition) is 2. The van der Waals surface area contributed by atoms with Crippen molar-refractivity contribution in [3.05, 3.63) is 97.2 Å². The van der Waals surface area contributed by atoms with Gasteiger partial charge in [-0.25, -0.2) is 4.39 Å². The van der Waals surface area contributed by atoms with Crippen LogP contribution in [0.4, 0.5) is 4.39 Å². The van der Waals surface area contributed by atoms with Crippen molar-refractivity contribution in [2.45, 2.75) is 0 Å². The van der Waals surface area contributed by atoms with Crippen LogP contribution in [-0.4, -0.2) is 26.2 Å². The Bertz CT molecular complexity index is 1450. The minimum absolute atomic E-state index is 0. The van der Waals surface area contributed by atoms with E-state index in [0.29, 0.717) is 6.07 Å². The van der Waals surface area contributed by atoms with Crippen LogP contribution in [0.2, 0.25) is 20.4 Å². The number of ketones is 2. The van der Waals surface area contributed by atoms with Gasteiger partial charge in [-0.15, -0.1) is 0 Å². The third kappa shape index (κ3) is 4.62. The van der Waals surface area contributed by atoms with Crippen LogP contribution in [0, 0.1) is 5.82 Å². The Morgan fingerprint density at radius 1 is 0.971 bits per heavy atom. The summed E-state index contributed by atoms with van der Waals surface area (Å²) in [4.78, 5) is 29.0. The van der Waals surface area contributed by atoms with Crippen LogP contribution in [0.15, 0.2) is 48.5 Å². The van der Waals surface area contributed by atoms with Crippen molar-refractivity contribution in [2.24, 2.45) is 0 Å². The zero-order chi connectivity index (χ0) is 24.0. The van der Waals surface area contributed by atoms with Crippen LogP contribution < -0.4 is 34.7 Å². The number of H-pyrrole nitrogens is 1. The Kier molecular flexibility index (Phi) is 8.10. The van der Waals surface area contributed by atoms with Gasteiger partial charge in [0.2, 0.25) is 11.6 Å². The van der Waals surface area contributed by atoms with Crippen molar-refractivity contribution in [3.8, 4) is 17.2 Å². The van der Waals surface area contributed by atoms with Crippen molar-refractivity contribution in [2.75, 3.05) is 0 Å². The molecule has 2 aromatic carbocycles. The van der Waals surface area contributed by atoms with E-state index in [4.69, 9.17) is 46.4 Å². The number of rotatable bonds is 5. The van der Waals surface area contributed by atoms with E-state index in [1.54, 1.807) is 0 Å². The fourth-order valence-electron chi connectivity index (χ4n) is 3.28. The van der Waals surface area contributed by atoms with Gasteiger partial charge in [0.1, 0.15) is 32.6 Å². The van der Waals surface area contributed by atoms with E-state index >= 15 is 0 Å². The van der Waals surface area contributed by atoms with Gasteiger partial charge in [0.15, 0.2) is 0 Å². The van der Waals surface area contributed by atoms with Gasteiger partial charge in [-0.05, 0) is 36.4 Å². The van der Waals surface area contributed by atoms with Crippen molar-refractivity contribution < 1.29 is 53.7 Å². The second kappa shape index (κ2) is 10.3. The van der Waals surface area contributed by atoms with Gasteiger partial charge in [-0.2, -0.15) is 0 Å². The molecule has 168 valence electrons. The van der Waals surface area contributed by atoms with E-state index in [2.05, 4.69) is 4.98 Å². The van der Waals surface area contributed by atoms with E-state index in [9.17, 15) is 24.2 Å². The number of aromatic hydroxyl groups is 1. The summed E-state index contributed by atoms with van der Waals surface area (Å²) < 4.78 is 14.4. The Morgan fingerprint density at radius 3 is 2.29 bits per heavy atom. The molecule has 0 aliphatic rings. The first kappa shape index (κ1) is 26.6. The normalized spacial score (nSPS) is 10.7. The molecule has 0 bridgehead atoms. The summed E-state index contributed by atoms with van der Waals surface area (Å²) in [6, 6.07) is 9.59. The zero-order valence-corrected chi connectivity index (χ0v) is 22.2. The molecule has 4 aromatic rings. The number of carbonyl (C=O) groups excluding carboxylic acids is 2. The van der Waals surface area contributed by atoms with Crippen LogP contribution >= 0.6 is 46.4 Å². The first-order valence-corrected chi connectivity index (χ1v) is 10.6. The number of aromatic nitrogens is 2. The van der Waals surface area contributed by atoms with E-state index in [1.165, 1.54) is 30.3 Å². The number of nitrogens with zero attached hydrogens (tertiary/aromatic N) is 1. The molecule has 4 rings (SSSR count). The van der Waals surface area contributed by atoms with Crippen molar-refractivity contribution in [1.29, 1.82) is 0 Å². The van der Waals surface area contributed by atoms with Gasteiger partial charge in [0.05, 0.1) is 22.0 Å². The summed E-state index contributed by atoms with van der Waals surface area (Å²) in [7, 11) is 0. The Labute approximate surface area is 234 Å². The molecule has 0 radical (unpaired) electrons. The largest absolute Gasteiger partial charge is 1.00 e. The first-order chi connectivity index (χ1) is 15.6. The number of halogens is 5. The third-order valence-electron chi connectivity index (χ3n) is 4.79. The zero-order valence-electron chi connectivity index (χ0n) is 17.1.